The molecule has 1 aliphatic rings. The second-order valence-electron chi connectivity index (χ2n) is 6.79. The zero-order valence-electron chi connectivity index (χ0n) is 15.3. The molecule has 2 N–H and O–H groups in total. The van der Waals surface area contributed by atoms with Crippen LogP contribution in [-0.4, -0.2) is 46.3 Å². The fourth-order valence-electron chi connectivity index (χ4n) is 3.14. The molecule has 0 atom stereocenters. The fourth-order valence-corrected chi connectivity index (χ4v) is 3.14. The summed E-state index contributed by atoms with van der Waals surface area (Å²) in [6.45, 7) is 2.00. The lowest BCUT2D eigenvalue weighted by molar-refractivity contribution is 0.0937. The number of piperidine rings is 1. The first-order chi connectivity index (χ1) is 13.0. The first kappa shape index (κ1) is 18.9. The lowest BCUT2D eigenvalue weighted by Crippen LogP contribution is -2.45. The minimum absolute atomic E-state index is 0.131. The molecule has 2 aromatic rings. The number of hydrogen-bond acceptors (Lipinski definition) is 3. The molecule has 27 heavy (non-hydrogen) atoms. The van der Waals surface area contributed by atoms with Gasteiger partial charge < -0.3 is 15.5 Å². The van der Waals surface area contributed by atoms with Gasteiger partial charge in [-0.2, -0.15) is 5.10 Å². The molecule has 1 aromatic carbocycles. The summed E-state index contributed by atoms with van der Waals surface area (Å²) in [6.07, 6.45) is 4.86. The van der Waals surface area contributed by atoms with Crippen LogP contribution in [0.2, 0.25) is 0 Å². The van der Waals surface area contributed by atoms with Gasteiger partial charge in [0.05, 0.1) is 11.8 Å². The van der Waals surface area contributed by atoms with Crippen molar-refractivity contribution in [1.82, 2.24) is 25.3 Å². The molecule has 0 unspecified atom stereocenters. The van der Waals surface area contributed by atoms with Crippen molar-refractivity contribution in [2.75, 3.05) is 19.6 Å². The van der Waals surface area contributed by atoms with Crippen LogP contribution < -0.4 is 10.6 Å². The van der Waals surface area contributed by atoms with Crippen LogP contribution in [0.3, 0.4) is 0 Å². The van der Waals surface area contributed by atoms with Gasteiger partial charge in [-0.1, -0.05) is 18.2 Å². The number of halogens is 1. The molecule has 3 rings (SSSR count). The summed E-state index contributed by atoms with van der Waals surface area (Å²) in [5, 5.41) is 9.68. The number of aryl methyl sites for hydroxylation is 1. The first-order valence-corrected chi connectivity index (χ1v) is 9.06. The van der Waals surface area contributed by atoms with Gasteiger partial charge >= 0.3 is 6.03 Å². The molecule has 1 aromatic heterocycles. The highest BCUT2D eigenvalue weighted by Crippen LogP contribution is 2.17. The maximum Gasteiger partial charge on any atom is 0.317 e. The number of amides is 3. The summed E-state index contributed by atoms with van der Waals surface area (Å²) in [4.78, 5) is 26.0. The van der Waals surface area contributed by atoms with Gasteiger partial charge in [-0.15, -0.1) is 0 Å². The molecule has 8 heteroatoms. The third-order valence-electron chi connectivity index (χ3n) is 4.81. The molecular formula is C19H24FN5O2. The van der Waals surface area contributed by atoms with E-state index < -0.39 is 0 Å². The third-order valence-corrected chi connectivity index (χ3v) is 4.81. The predicted octanol–water partition coefficient (Wildman–Crippen LogP) is 1.91. The van der Waals surface area contributed by atoms with Crippen LogP contribution in [0, 0.1) is 11.7 Å². The van der Waals surface area contributed by atoms with E-state index in [1.54, 1.807) is 41.0 Å². The zero-order valence-corrected chi connectivity index (χ0v) is 15.3. The van der Waals surface area contributed by atoms with Gasteiger partial charge in [0.2, 0.25) is 0 Å². The van der Waals surface area contributed by atoms with Gasteiger partial charge in [-0.3, -0.25) is 9.48 Å². The maximum absolute atomic E-state index is 13.6. The quantitative estimate of drug-likeness (QED) is 0.840. The van der Waals surface area contributed by atoms with Crippen molar-refractivity contribution in [2.24, 2.45) is 13.0 Å². The van der Waals surface area contributed by atoms with Crippen LogP contribution in [0.5, 0.6) is 0 Å². The van der Waals surface area contributed by atoms with E-state index in [-0.39, 0.29) is 24.3 Å². The van der Waals surface area contributed by atoms with E-state index in [1.165, 1.54) is 12.3 Å². The average molecular weight is 373 g/mol. The summed E-state index contributed by atoms with van der Waals surface area (Å²) in [6, 6.07) is 6.23. The van der Waals surface area contributed by atoms with E-state index in [2.05, 4.69) is 15.7 Å². The number of rotatable bonds is 5. The summed E-state index contributed by atoms with van der Waals surface area (Å²) in [5.41, 5.74) is 1.02. The number of benzene rings is 1. The molecule has 1 saturated heterocycles. The topological polar surface area (TPSA) is 79.3 Å². The van der Waals surface area contributed by atoms with E-state index >= 15 is 0 Å². The summed E-state index contributed by atoms with van der Waals surface area (Å²) in [7, 11) is 1.77. The van der Waals surface area contributed by atoms with Crippen molar-refractivity contribution in [3.63, 3.8) is 0 Å². The van der Waals surface area contributed by atoms with Gasteiger partial charge in [-0.25, -0.2) is 9.18 Å². The van der Waals surface area contributed by atoms with E-state index in [0.29, 0.717) is 36.7 Å². The van der Waals surface area contributed by atoms with Gasteiger partial charge in [0, 0.05) is 45.0 Å². The zero-order chi connectivity index (χ0) is 19.2. The summed E-state index contributed by atoms with van der Waals surface area (Å²) in [5.74, 6) is -0.115. The van der Waals surface area contributed by atoms with Crippen molar-refractivity contribution in [2.45, 2.75) is 19.4 Å². The number of urea groups is 1. The molecule has 2 heterocycles. The molecule has 0 saturated carbocycles. The van der Waals surface area contributed by atoms with Crippen LogP contribution in [0.4, 0.5) is 9.18 Å². The molecule has 0 aliphatic carbocycles. The van der Waals surface area contributed by atoms with Crippen LogP contribution in [0.1, 0.15) is 28.8 Å². The number of carbonyl (C=O) groups is 2. The molecule has 144 valence electrons. The number of nitrogens with one attached hydrogen (secondary N) is 2. The van der Waals surface area contributed by atoms with E-state index in [9.17, 15) is 14.0 Å². The number of carbonyl (C=O) groups excluding carboxylic acids is 2. The largest absolute Gasteiger partial charge is 0.352 e. The number of likely N-dealkylation sites (tertiary alicyclic amines) is 1. The van der Waals surface area contributed by atoms with E-state index in [1.807, 2.05) is 0 Å². The number of aromatic nitrogens is 2. The SMILES string of the molecule is Cn1cc(C(=O)NCC2CCN(C(=O)NCc3ccccc3F)CC2)cn1. The van der Waals surface area contributed by atoms with Crippen molar-refractivity contribution in [1.29, 1.82) is 0 Å². The Morgan fingerprint density at radius 2 is 1.96 bits per heavy atom. The smallest absolute Gasteiger partial charge is 0.317 e. The Bertz CT molecular complexity index is 799. The Morgan fingerprint density at radius 3 is 2.63 bits per heavy atom. The summed E-state index contributed by atoms with van der Waals surface area (Å²) >= 11 is 0. The van der Waals surface area contributed by atoms with Crippen molar-refractivity contribution in [3.05, 3.63) is 53.6 Å². The molecule has 1 fully saturated rings. The minimum atomic E-state index is -0.319. The predicted molar refractivity (Wildman–Crippen MR) is 98.5 cm³/mol. The van der Waals surface area contributed by atoms with Crippen molar-refractivity contribution in [3.8, 4) is 0 Å². The van der Waals surface area contributed by atoms with E-state index in [0.717, 1.165) is 12.8 Å². The normalized spacial score (nSPS) is 14.8. The Labute approximate surface area is 157 Å². The second-order valence-corrected chi connectivity index (χ2v) is 6.79. The lowest BCUT2D eigenvalue weighted by atomic mass is 9.97. The van der Waals surface area contributed by atoms with Crippen molar-refractivity contribution >= 4 is 11.9 Å². The van der Waals surface area contributed by atoms with Crippen LogP contribution in [-0.2, 0) is 13.6 Å². The Morgan fingerprint density at radius 1 is 1.22 bits per heavy atom. The Balaban J connectivity index is 1.38. The number of nitrogens with zero attached hydrogens (tertiary/aromatic N) is 3. The lowest BCUT2D eigenvalue weighted by Gasteiger charge is -2.32. The highest BCUT2D eigenvalue weighted by molar-refractivity contribution is 5.93. The van der Waals surface area contributed by atoms with Crippen molar-refractivity contribution < 1.29 is 14.0 Å². The molecule has 0 spiro atoms. The van der Waals surface area contributed by atoms with Crippen LogP contribution >= 0.6 is 0 Å². The van der Waals surface area contributed by atoms with Crippen LogP contribution in [0.25, 0.3) is 0 Å². The molecular weight excluding hydrogens is 349 g/mol. The minimum Gasteiger partial charge on any atom is -0.352 e. The monoisotopic (exact) mass is 373 g/mol. The average Bonchev–Trinajstić information content (AvgIpc) is 3.12. The van der Waals surface area contributed by atoms with Gasteiger partial charge in [0.15, 0.2) is 0 Å². The molecule has 3 amide bonds. The van der Waals surface area contributed by atoms with Gasteiger partial charge in [0.25, 0.3) is 5.91 Å². The standard InChI is InChI=1S/C19H24FN5O2/c1-24-13-16(12-23-24)18(26)21-10-14-6-8-25(9-7-14)19(27)22-11-15-4-2-3-5-17(15)20/h2-5,12-14H,6-11H2,1H3,(H,21,26)(H,22,27). The second kappa shape index (κ2) is 8.66. The highest BCUT2D eigenvalue weighted by atomic mass is 19.1. The molecule has 1 aliphatic heterocycles. The van der Waals surface area contributed by atoms with Gasteiger partial charge in [0.1, 0.15) is 5.82 Å². The molecule has 0 radical (unpaired) electrons. The highest BCUT2D eigenvalue weighted by Gasteiger charge is 2.23. The third kappa shape index (κ3) is 5.06. The van der Waals surface area contributed by atoms with E-state index in [4.69, 9.17) is 0 Å². The first-order valence-electron chi connectivity index (χ1n) is 9.06. The maximum atomic E-state index is 13.6. The molecule has 0 bridgehead atoms. The molecule has 7 nitrogen and oxygen atoms in total. The Hall–Kier alpha value is -2.90. The summed E-state index contributed by atoms with van der Waals surface area (Å²) < 4.78 is 15.2. The Kier molecular flexibility index (Phi) is 6.05. The van der Waals surface area contributed by atoms with Crippen LogP contribution in [0.15, 0.2) is 36.7 Å². The van der Waals surface area contributed by atoms with Gasteiger partial charge in [-0.05, 0) is 24.8 Å². The number of hydrogen-bond donors (Lipinski definition) is 2. The fraction of sp³-hybridized carbons (Fsp3) is 0.421.